The van der Waals surface area contributed by atoms with Crippen LogP contribution < -0.4 is 0 Å². The Bertz CT molecular complexity index is 458. The molecule has 4 heteroatoms. The highest BCUT2D eigenvalue weighted by atomic mass is 35.5. The molecular formula is C17H25Cl2NO. The zero-order valence-corrected chi connectivity index (χ0v) is 14.7. The second kappa shape index (κ2) is 11.8. The number of aliphatic hydroxyl groups excluding tert-OH is 1. The second-order valence-electron chi connectivity index (χ2n) is 4.76. The SMILES string of the molecule is C/C=C\N=CC(C)CC.CCC(O)c1ccc(Cl)cc1Cl. The van der Waals surface area contributed by atoms with Crippen LogP contribution in [0.15, 0.2) is 35.5 Å². The van der Waals surface area contributed by atoms with Crippen LogP contribution in [-0.4, -0.2) is 11.3 Å². The van der Waals surface area contributed by atoms with Gasteiger partial charge in [0.05, 0.1) is 6.10 Å². The summed E-state index contributed by atoms with van der Waals surface area (Å²) < 4.78 is 0. The van der Waals surface area contributed by atoms with Crippen LogP contribution in [0.5, 0.6) is 0 Å². The van der Waals surface area contributed by atoms with Crippen LogP contribution in [0.3, 0.4) is 0 Å². The highest BCUT2D eigenvalue weighted by molar-refractivity contribution is 6.35. The molecule has 1 N–H and O–H groups in total. The first-order valence-corrected chi connectivity index (χ1v) is 7.99. The fraction of sp³-hybridized carbons (Fsp3) is 0.471. The third-order valence-electron chi connectivity index (χ3n) is 2.93. The minimum atomic E-state index is -0.491. The van der Waals surface area contributed by atoms with Crippen LogP contribution in [0.2, 0.25) is 10.0 Å². The minimum absolute atomic E-state index is 0.491. The lowest BCUT2D eigenvalue weighted by Gasteiger charge is -2.09. The van der Waals surface area contributed by atoms with Crippen molar-refractivity contribution in [3.63, 3.8) is 0 Å². The lowest BCUT2D eigenvalue weighted by Crippen LogP contribution is -1.95. The van der Waals surface area contributed by atoms with Gasteiger partial charge in [0, 0.05) is 22.5 Å². The molecule has 0 fully saturated rings. The van der Waals surface area contributed by atoms with E-state index in [9.17, 15) is 5.11 Å². The third-order valence-corrected chi connectivity index (χ3v) is 3.49. The average Bonchev–Trinajstić information content (AvgIpc) is 2.47. The average molecular weight is 330 g/mol. The molecule has 2 nitrogen and oxygen atoms in total. The number of aliphatic imine (C=N–C) groups is 1. The maximum atomic E-state index is 9.47. The Morgan fingerprint density at radius 2 is 1.90 bits per heavy atom. The summed E-state index contributed by atoms with van der Waals surface area (Å²) in [4.78, 5) is 4.06. The van der Waals surface area contributed by atoms with Crippen LogP contribution in [0.1, 0.15) is 52.2 Å². The van der Waals surface area contributed by atoms with Gasteiger partial charge in [-0.1, -0.05) is 56.1 Å². The number of halogens is 2. The number of aliphatic hydroxyl groups is 1. The molecule has 0 radical (unpaired) electrons. The third kappa shape index (κ3) is 8.92. The Kier molecular flexibility index (Phi) is 11.3. The van der Waals surface area contributed by atoms with Crippen molar-refractivity contribution in [2.45, 2.75) is 46.6 Å². The first-order valence-electron chi connectivity index (χ1n) is 7.23. The van der Waals surface area contributed by atoms with Crippen molar-refractivity contribution in [1.29, 1.82) is 0 Å². The first-order chi connectivity index (χ1) is 9.96. The number of allylic oxidation sites excluding steroid dienone is 1. The highest BCUT2D eigenvalue weighted by Gasteiger charge is 2.08. The summed E-state index contributed by atoms with van der Waals surface area (Å²) in [6, 6.07) is 5.11. The molecule has 0 aliphatic rings. The predicted octanol–water partition coefficient (Wildman–Crippen LogP) is 6.07. The highest BCUT2D eigenvalue weighted by Crippen LogP contribution is 2.27. The summed E-state index contributed by atoms with van der Waals surface area (Å²) >= 11 is 11.6. The van der Waals surface area contributed by atoms with Gasteiger partial charge in [-0.15, -0.1) is 0 Å². The molecular weight excluding hydrogens is 305 g/mol. The Balaban J connectivity index is 0.000000400. The molecule has 118 valence electrons. The van der Waals surface area contributed by atoms with Crippen LogP contribution in [0, 0.1) is 5.92 Å². The van der Waals surface area contributed by atoms with Gasteiger partial charge in [-0.2, -0.15) is 0 Å². The summed E-state index contributed by atoms with van der Waals surface area (Å²) in [6.07, 6.45) is 7.04. The normalized spacial score (nSPS) is 14.0. The van der Waals surface area contributed by atoms with Crippen molar-refractivity contribution in [3.05, 3.63) is 46.1 Å². The van der Waals surface area contributed by atoms with E-state index in [4.69, 9.17) is 23.2 Å². The van der Waals surface area contributed by atoms with Crippen LogP contribution in [0.4, 0.5) is 0 Å². The van der Waals surface area contributed by atoms with Crippen molar-refractivity contribution in [3.8, 4) is 0 Å². The van der Waals surface area contributed by atoms with Gasteiger partial charge < -0.3 is 5.11 Å². The number of rotatable bonds is 5. The topological polar surface area (TPSA) is 32.6 Å². The first kappa shape index (κ1) is 20.2. The van der Waals surface area contributed by atoms with Crippen LogP contribution >= 0.6 is 23.2 Å². The molecule has 0 aliphatic carbocycles. The minimum Gasteiger partial charge on any atom is -0.388 e. The molecule has 21 heavy (non-hydrogen) atoms. The van der Waals surface area contributed by atoms with Crippen molar-refractivity contribution >= 4 is 29.4 Å². The molecule has 0 saturated heterocycles. The van der Waals surface area contributed by atoms with Crippen molar-refractivity contribution < 1.29 is 5.11 Å². The Labute approximate surface area is 138 Å². The number of hydrogen-bond donors (Lipinski definition) is 1. The van der Waals surface area contributed by atoms with E-state index >= 15 is 0 Å². The van der Waals surface area contributed by atoms with Gasteiger partial charge in [0.2, 0.25) is 0 Å². The maximum Gasteiger partial charge on any atom is 0.0801 e. The van der Waals surface area contributed by atoms with E-state index in [0.717, 1.165) is 5.56 Å². The fourth-order valence-electron chi connectivity index (χ4n) is 1.38. The van der Waals surface area contributed by atoms with Crippen LogP contribution in [0.25, 0.3) is 0 Å². The monoisotopic (exact) mass is 329 g/mol. The quantitative estimate of drug-likeness (QED) is 0.653. The summed E-state index contributed by atoms with van der Waals surface area (Å²) in [7, 11) is 0. The van der Waals surface area contributed by atoms with E-state index in [2.05, 4.69) is 18.8 Å². The van der Waals surface area contributed by atoms with Gasteiger partial charge >= 0.3 is 0 Å². The van der Waals surface area contributed by atoms with E-state index in [0.29, 0.717) is 22.4 Å². The van der Waals surface area contributed by atoms with Gasteiger partial charge in [-0.05, 0) is 43.4 Å². The maximum absolute atomic E-state index is 9.47. The molecule has 0 spiro atoms. The number of benzene rings is 1. The van der Waals surface area contributed by atoms with E-state index in [-0.39, 0.29) is 0 Å². The Morgan fingerprint density at radius 1 is 1.24 bits per heavy atom. The summed E-state index contributed by atoms with van der Waals surface area (Å²) in [5.74, 6) is 0.612. The van der Waals surface area contributed by atoms with Gasteiger partial charge in [-0.25, -0.2) is 0 Å². The Hall–Kier alpha value is -0.830. The molecule has 2 unspecified atom stereocenters. The fourth-order valence-corrected chi connectivity index (χ4v) is 1.91. The number of nitrogens with zero attached hydrogens (tertiary/aromatic N) is 1. The molecule has 0 amide bonds. The van der Waals surface area contributed by atoms with Crippen LogP contribution in [-0.2, 0) is 0 Å². The molecule has 1 aromatic carbocycles. The van der Waals surface area contributed by atoms with Gasteiger partial charge in [0.25, 0.3) is 0 Å². The molecule has 1 rings (SSSR count). The summed E-state index contributed by atoms with van der Waals surface area (Å²) in [5.41, 5.74) is 0.739. The van der Waals surface area contributed by atoms with E-state index < -0.39 is 6.10 Å². The zero-order valence-electron chi connectivity index (χ0n) is 13.2. The predicted molar refractivity (Wildman–Crippen MR) is 94.5 cm³/mol. The lowest BCUT2D eigenvalue weighted by atomic mass is 10.1. The molecule has 0 aliphatic heterocycles. The largest absolute Gasteiger partial charge is 0.388 e. The van der Waals surface area contributed by atoms with E-state index in [1.165, 1.54) is 6.42 Å². The standard InChI is InChI=1S/C9H10Cl2O.C8H15N/c1-2-9(12)7-4-3-6(10)5-8(7)11;1-4-6-9-7-8(3)5-2/h3-5,9,12H,2H2,1H3;4,6-8H,5H2,1-3H3/b;6-4-,9-7?. The molecule has 0 bridgehead atoms. The summed E-state index contributed by atoms with van der Waals surface area (Å²) in [5, 5.41) is 10.6. The van der Waals surface area contributed by atoms with Crippen molar-refractivity contribution in [2.75, 3.05) is 0 Å². The van der Waals surface area contributed by atoms with Crippen molar-refractivity contribution in [1.82, 2.24) is 0 Å². The molecule has 0 heterocycles. The number of hydrogen-bond acceptors (Lipinski definition) is 2. The molecule has 1 aromatic rings. The second-order valence-corrected chi connectivity index (χ2v) is 5.60. The molecule has 0 saturated carbocycles. The lowest BCUT2D eigenvalue weighted by molar-refractivity contribution is 0.174. The summed E-state index contributed by atoms with van der Waals surface area (Å²) in [6.45, 7) is 8.18. The van der Waals surface area contributed by atoms with Crippen molar-refractivity contribution in [2.24, 2.45) is 10.9 Å². The van der Waals surface area contributed by atoms with Gasteiger partial charge in [-0.3, -0.25) is 4.99 Å². The zero-order chi connectivity index (χ0) is 16.3. The smallest absolute Gasteiger partial charge is 0.0801 e. The van der Waals surface area contributed by atoms with E-state index in [1.807, 2.05) is 32.3 Å². The Morgan fingerprint density at radius 3 is 2.38 bits per heavy atom. The van der Waals surface area contributed by atoms with Gasteiger partial charge in [0.1, 0.15) is 0 Å². The molecule has 2 atom stereocenters. The van der Waals surface area contributed by atoms with E-state index in [1.54, 1.807) is 18.2 Å². The van der Waals surface area contributed by atoms with Gasteiger partial charge in [0.15, 0.2) is 0 Å². The molecule has 0 aromatic heterocycles.